The van der Waals surface area contributed by atoms with Gasteiger partial charge in [0.2, 0.25) is 0 Å². The SMILES string of the molecule is O=C(c1c[nH]c(=O)[nH]1)N(CCO)CCO. The second-order valence-electron chi connectivity index (χ2n) is 2.90. The smallest absolute Gasteiger partial charge is 0.323 e. The number of aliphatic hydroxyl groups excluding tert-OH is 2. The summed E-state index contributed by atoms with van der Waals surface area (Å²) in [7, 11) is 0. The molecular weight excluding hydrogens is 202 g/mol. The molecule has 0 aliphatic carbocycles. The van der Waals surface area contributed by atoms with E-state index in [1.54, 1.807) is 0 Å². The highest BCUT2D eigenvalue weighted by Gasteiger charge is 2.16. The molecule has 1 aromatic heterocycles. The molecule has 15 heavy (non-hydrogen) atoms. The van der Waals surface area contributed by atoms with Gasteiger partial charge in [-0.2, -0.15) is 0 Å². The summed E-state index contributed by atoms with van der Waals surface area (Å²) in [5, 5.41) is 17.4. The van der Waals surface area contributed by atoms with Crippen molar-refractivity contribution in [2.24, 2.45) is 0 Å². The number of H-pyrrole nitrogens is 2. The van der Waals surface area contributed by atoms with E-state index < -0.39 is 11.6 Å². The topological polar surface area (TPSA) is 109 Å². The zero-order chi connectivity index (χ0) is 11.3. The molecule has 0 atom stereocenters. The minimum absolute atomic E-state index is 0.113. The lowest BCUT2D eigenvalue weighted by Crippen LogP contribution is -2.36. The number of amides is 1. The van der Waals surface area contributed by atoms with Gasteiger partial charge in [0.05, 0.1) is 13.2 Å². The molecule has 0 saturated heterocycles. The molecule has 0 spiro atoms. The first-order valence-electron chi connectivity index (χ1n) is 4.47. The maximum absolute atomic E-state index is 11.7. The maximum Gasteiger partial charge on any atom is 0.323 e. The van der Waals surface area contributed by atoms with Crippen molar-refractivity contribution in [2.75, 3.05) is 26.3 Å². The number of aromatic nitrogens is 2. The Labute approximate surface area is 85.4 Å². The summed E-state index contributed by atoms with van der Waals surface area (Å²) in [4.78, 5) is 28.3. The van der Waals surface area contributed by atoms with Crippen molar-refractivity contribution in [3.05, 3.63) is 22.4 Å². The Morgan fingerprint density at radius 2 is 1.93 bits per heavy atom. The van der Waals surface area contributed by atoms with E-state index in [9.17, 15) is 9.59 Å². The summed E-state index contributed by atoms with van der Waals surface area (Å²) in [5.41, 5.74) is -0.354. The van der Waals surface area contributed by atoms with Crippen LogP contribution in [-0.4, -0.2) is 57.3 Å². The minimum Gasteiger partial charge on any atom is -0.395 e. The number of carbonyl (C=O) groups is 1. The summed E-state index contributed by atoms with van der Waals surface area (Å²) in [6, 6.07) is 0. The third-order valence-electron chi connectivity index (χ3n) is 1.85. The summed E-state index contributed by atoms with van der Waals surface area (Å²) in [5.74, 6) is -0.434. The van der Waals surface area contributed by atoms with Crippen LogP contribution >= 0.6 is 0 Å². The van der Waals surface area contributed by atoms with Gasteiger partial charge in [-0.15, -0.1) is 0 Å². The second-order valence-corrected chi connectivity index (χ2v) is 2.90. The number of imidazole rings is 1. The van der Waals surface area contributed by atoms with Gasteiger partial charge >= 0.3 is 5.69 Å². The number of hydrogen-bond acceptors (Lipinski definition) is 4. The van der Waals surface area contributed by atoms with E-state index in [0.29, 0.717) is 0 Å². The molecule has 0 unspecified atom stereocenters. The molecule has 84 valence electrons. The molecule has 0 radical (unpaired) electrons. The van der Waals surface area contributed by atoms with Crippen molar-refractivity contribution >= 4 is 5.91 Å². The molecule has 1 heterocycles. The van der Waals surface area contributed by atoms with E-state index in [4.69, 9.17) is 10.2 Å². The fraction of sp³-hybridized carbons (Fsp3) is 0.500. The zero-order valence-electron chi connectivity index (χ0n) is 8.06. The van der Waals surface area contributed by atoms with Gasteiger partial charge in [0.25, 0.3) is 5.91 Å². The molecule has 7 heteroatoms. The van der Waals surface area contributed by atoms with Crippen molar-refractivity contribution in [3.63, 3.8) is 0 Å². The molecule has 1 rings (SSSR count). The summed E-state index contributed by atoms with van der Waals surface area (Å²) < 4.78 is 0. The first-order valence-corrected chi connectivity index (χ1v) is 4.47. The second kappa shape index (κ2) is 5.32. The van der Waals surface area contributed by atoms with Crippen LogP contribution in [0.25, 0.3) is 0 Å². The third-order valence-corrected chi connectivity index (χ3v) is 1.85. The average Bonchev–Trinajstić information content (AvgIpc) is 2.63. The number of aliphatic hydroxyl groups is 2. The predicted octanol–water partition coefficient (Wildman–Crippen LogP) is -1.87. The lowest BCUT2D eigenvalue weighted by atomic mass is 10.3. The van der Waals surface area contributed by atoms with Gasteiger partial charge < -0.3 is 25.1 Å². The molecule has 0 bridgehead atoms. The van der Waals surface area contributed by atoms with E-state index in [1.165, 1.54) is 11.1 Å². The Hall–Kier alpha value is -1.60. The third kappa shape index (κ3) is 2.93. The number of nitrogens with one attached hydrogen (secondary N) is 2. The number of nitrogens with zero attached hydrogens (tertiary/aromatic N) is 1. The van der Waals surface area contributed by atoms with E-state index in [-0.39, 0.29) is 32.0 Å². The molecule has 0 fully saturated rings. The van der Waals surface area contributed by atoms with Crippen LogP contribution in [0.15, 0.2) is 11.0 Å². The fourth-order valence-corrected chi connectivity index (χ4v) is 1.17. The Bertz CT molecular complexity index is 364. The van der Waals surface area contributed by atoms with Gasteiger partial charge in [-0.3, -0.25) is 4.79 Å². The average molecular weight is 215 g/mol. The highest BCUT2D eigenvalue weighted by molar-refractivity contribution is 5.92. The van der Waals surface area contributed by atoms with Crippen LogP contribution in [0.3, 0.4) is 0 Å². The van der Waals surface area contributed by atoms with Crippen molar-refractivity contribution in [1.29, 1.82) is 0 Å². The first-order chi connectivity index (χ1) is 7.19. The molecule has 0 saturated carbocycles. The molecular formula is C8H13N3O4. The van der Waals surface area contributed by atoms with Crippen LogP contribution in [0.1, 0.15) is 10.5 Å². The van der Waals surface area contributed by atoms with Crippen molar-refractivity contribution in [1.82, 2.24) is 14.9 Å². The van der Waals surface area contributed by atoms with Gasteiger partial charge in [-0.05, 0) is 0 Å². The lowest BCUT2D eigenvalue weighted by Gasteiger charge is -2.19. The number of rotatable bonds is 5. The van der Waals surface area contributed by atoms with Crippen LogP contribution in [0.2, 0.25) is 0 Å². The largest absolute Gasteiger partial charge is 0.395 e. The molecule has 0 aliphatic rings. The quantitative estimate of drug-likeness (QED) is 0.461. The number of carbonyl (C=O) groups excluding carboxylic acids is 1. The standard InChI is InChI=1S/C8H13N3O4/c12-3-1-11(2-4-13)7(14)6-5-9-8(15)10-6/h5,12-13H,1-4H2,(H2,9,10,15). The molecule has 0 aromatic carbocycles. The molecule has 1 aromatic rings. The summed E-state index contributed by atoms with van der Waals surface area (Å²) >= 11 is 0. The Morgan fingerprint density at radius 3 is 2.33 bits per heavy atom. The van der Waals surface area contributed by atoms with Crippen LogP contribution in [0.4, 0.5) is 0 Å². The number of hydrogen-bond donors (Lipinski definition) is 4. The predicted molar refractivity (Wildman–Crippen MR) is 51.5 cm³/mol. The van der Waals surface area contributed by atoms with Crippen LogP contribution in [-0.2, 0) is 0 Å². The van der Waals surface area contributed by atoms with Crippen LogP contribution in [0, 0.1) is 0 Å². The minimum atomic E-state index is -0.466. The lowest BCUT2D eigenvalue weighted by molar-refractivity contribution is 0.0679. The van der Waals surface area contributed by atoms with E-state index in [1.807, 2.05) is 0 Å². The van der Waals surface area contributed by atoms with E-state index in [0.717, 1.165) is 0 Å². The van der Waals surface area contributed by atoms with E-state index >= 15 is 0 Å². The van der Waals surface area contributed by atoms with Crippen molar-refractivity contribution in [2.45, 2.75) is 0 Å². The fourth-order valence-electron chi connectivity index (χ4n) is 1.17. The van der Waals surface area contributed by atoms with Gasteiger partial charge in [0.15, 0.2) is 0 Å². The molecule has 4 N–H and O–H groups in total. The zero-order valence-corrected chi connectivity index (χ0v) is 8.06. The van der Waals surface area contributed by atoms with Gasteiger partial charge in [-0.1, -0.05) is 0 Å². The number of aromatic amines is 2. The van der Waals surface area contributed by atoms with Gasteiger partial charge in [0.1, 0.15) is 5.69 Å². The normalized spacial score (nSPS) is 10.3. The van der Waals surface area contributed by atoms with Crippen LogP contribution < -0.4 is 5.69 Å². The highest BCUT2D eigenvalue weighted by atomic mass is 16.3. The first kappa shape index (κ1) is 11.5. The molecule has 1 amide bonds. The Kier molecular flexibility index (Phi) is 4.07. The maximum atomic E-state index is 11.7. The Balaban J connectivity index is 2.75. The van der Waals surface area contributed by atoms with Gasteiger partial charge in [-0.25, -0.2) is 4.79 Å². The van der Waals surface area contributed by atoms with Crippen LogP contribution in [0.5, 0.6) is 0 Å². The summed E-state index contributed by atoms with van der Waals surface area (Å²) in [6.07, 6.45) is 1.26. The van der Waals surface area contributed by atoms with Gasteiger partial charge in [0, 0.05) is 19.3 Å². The van der Waals surface area contributed by atoms with Crippen molar-refractivity contribution < 1.29 is 15.0 Å². The molecule has 7 nitrogen and oxygen atoms in total. The Morgan fingerprint density at radius 1 is 1.33 bits per heavy atom. The van der Waals surface area contributed by atoms with Crippen molar-refractivity contribution in [3.8, 4) is 0 Å². The van der Waals surface area contributed by atoms with E-state index in [2.05, 4.69) is 9.97 Å². The monoisotopic (exact) mass is 215 g/mol. The molecule has 0 aliphatic heterocycles. The highest BCUT2D eigenvalue weighted by Crippen LogP contribution is 1.98. The summed E-state index contributed by atoms with van der Waals surface area (Å²) in [6.45, 7) is -0.153.